The fraction of sp³-hybridized carbons (Fsp3) is 0.824. The molecule has 2 aliphatic heterocycles. The Kier molecular flexibility index (Phi) is 4.65. The van der Waals surface area contributed by atoms with Crippen LogP contribution in [0.1, 0.15) is 57.2 Å². The van der Waals surface area contributed by atoms with Crippen LogP contribution in [-0.2, 0) is 20.0 Å². The predicted molar refractivity (Wildman–Crippen MR) is 86.3 cm³/mol. The fourth-order valence-corrected chi connectivity index (χ4v) is 4.26. The van der Waals surface area contributed by atoms with Crippen LogP contribution >= 0.6 is 0 Å². The van der Waals surface area contributed by atoms with Gasteiger partial charge in [-0.25, -0.2) is 0 Å². The first-order valence-corrected chi connectivity index (χ1v) is 8.71. The molecule has 0 saturated carbocycles. The minimum atomic E-state index is 0.748. The van der Waals surface area contributed by atoms with Gasteiger partial charge in [-0.1, -0.05) is 13.8 Å². The van der Waals surface area contributed by atoms with Crippen molar-refractivity contribution >= 4 is 0 Å². The van der Waals surface area contributed by atoms with E-state index in [0.717, 1.165) is 31.1 Å². The molecule has 2 atom stereocenters. The van der Waals surface area contributed by atoms with Gasteiger partial charge < -0.3 is 5.32 Å². The van der Waals surface area contributed by atoms with Crippen LogP contribution in [-0.4, -0.2) is 39.4 Å². The van der Waals surface area contributed by atoms with Gasteiger partial charge in [0.2, 0.25) is 0 Å². The van der Waals surface area contributed by atoms with E-state index in [1.54, 1.807) is 0 Å². The normalized spacial score (nSPS) is 29.2. The van der Waals surface area contributed by atoms with Crippen LogP contribution < -0.4 is 5.32 Å². The van der Waals surface area contributed by atoms with E-state index < -0.39 is 0 Å². The number of rotatable bonds is 6. The molecule has 0 aromatic carbocycles. The molecule has 1 aromatic rings. The second kappa shape index (κ2) is 6.49. The van der Waals surface area contributed by atoms with Crippen LogP contribution in [0.25, 0.3) is 0 Å². The molecule has 21 heavy (non-hydrogen) atoms. The van der Waals surface area contributed by atoms with Crippen LogP contribution in [0.4, 0.5) is 0 Å². The maximum atomic E-state index is 4.60. The molecule has 2 saturated heterocycles. The third kappa shape index (κ3) is 3.16. The van der Waals surface area contributed by atoms with Crippen molar-refractivity contribution in [1.82, 2.24) is 20.0 Å². The molecule has 3 rings (SSSR count). The Hall–Kier alpha value is -0.870. The molecule has 3 heterocycles. The summed E-state index contributed by atoms with van der Waals surface area (Å²) in [5, 5.41) is 8.34. The van der Waals surface area contributed by atoms with Crippen LogP contribution in [0.15, 0.2) is 6.20 Å². The van der Waals surface area contributed by atoms with E-state index in [1.807, 2.05) is 11.7 Å². The van der Waals surface area contributed by atoms with Gasteiger partial charge in [-0.15, -0.1) is 0 Å². The number of fused-ring (bicyclic) bond motifs is 2. The van der Waals surface area contributed by atoms with Gasteiger partial charge in [-0.05, 0) is 45.1 Å². The van der Waals surface area contributed by atoms with E-state index in [2.05, 4.69) is 35.4 Å². The zero-order valence-electron chi connectivity index (χ0n) is 13.8. The molecule has 0 amide bonds. The molecular formula is C17H30N4. The third-order valence-electron chi connectivity index (χ3n) is 5.25. The summed E-state index contributed by atoms with van der Waals surface area (Å²) >= 11 is 0. The van der Waals surface area contributed by atoms with Crippen LogP contribution in [0, 0.1) is 0 Å². The van der Waals surface area contributed by atoms with Crippen molar-refractivity contribution in [3.05, 3.63) is 17.5 Å². The lowest BCUT2D eigenvalue weighted by Crippen LogP contribution is -2.48. The van der Waals surface area contributed by atoms with E-state index >= 15 is 0 Å². The van der Waals surface area contributed by atoms with E-state index in [9.17, 15) is 0 Å². The van der Waals surface area contributed by atoms with Crippen LogP contribution in [0.2, 0.25) is 0 Å². The zero-order valence-corrected chi connectivity index (χ0v) is 13.8. The van der Waals surface area contributed by atoms with Crippen molar-refractivity contribution in [3.8, 4) is 0 Å². The number of piperidine rings is 1. The van der Waals surface area contributed by atoms with Crippen molar-refractivity contribution in [2.45, 2.75) is 77.0 Å². The number of aryl methyl sites for hydroxylation is 2. The highest BCUT2D eigenvalue weighted by molar-refractivity contribution is 5.18. The fourth-order valence-electron chi connectivity index (χ4n) is 4.26. The number of hydrogen-bond acceptors (Lipinski definition) is 3. The van der Waals surface area contributed by atoms with Gasteiger partial charge in [0.1, 0.15) is 0 Å². The minimum Gasteiger partial charge on any atom is -0.314 e. The van der Waals surface area contributed by atoms with Gasteiger partial charge in [0, 0.05) is 43.5 Å². The first-order chi connectivity index (χ1) is 10.2. The Labute approximate surface area is 128 Å². The summed E-state index contributed by atoms with van der Waals surface area (Å²) < 4.78 is 1.98. The summed E-state index contributed by atoms with van der Waals surface area (Å²) in [5.41, 5.74) is 2.72. The molecule has 2 bridgehead atoms. The Bertz CT molecular complexity index is 453. The summed E-state index contributed by atoms with van der Waals surface area (Å²) in [6, 6.07) is 2.31. The summed E-state index contributed by atoms with van der Waals surface area (Å²) in [6.45, 7) is 6.74. The molecule has 2 unspecified atom stereocenters. The Morgan fingerprint density at radius 1 is 1.24 bits per heavy atom. The van der Waals surface area contributed by atoms with E-state index in [1.165, 1.54) is 49.9 Å². The van der Waals surface area contributed by atoms with Gasteiger partial charge in [-0.2, -0.15) is 5.10 Å². The molecule has 0 spiro atoms. The highest BCUT2D eigenvalue weighted by atomic mass is 15.3. The Morgan fingerprint density at radius 2 is 1.95 bits per heavy atom. The Morgan fingerprint density at radius 3 is 2.57 bits per heavy atom. The highest BCUT2D eigenvalue weighted by Gasteiger charge is 2.40. The zero-order chi connectivity index (χ0) is 14.8. The molecule has 0 aliphatic carbocycles. The first-order valence-electron chi connectivity index (χ1n) is 8.71. The average Bonchev–Trinajstić information content (AvgIpc) is 2.93. The molecule has 1 aromatic heterocycles. The second-order valence-electron chi connectivity index (χ2n) is 6.81. The van der Waals surface area contributed by atoms with Gasteiger partial charge in [0.15, 0.2) is 0 Å². The monoisotopic (exact) mass is 290 g/mol. The first kappa shape index (κ1) is 15.0. The molecular weight excluding hydrogens is 260 g/mol. The van der Waals surface area contributed by atoms with E-state index in [-0.39, 0.29) is 0 Å². The summed E-state index contributed by atoms with van der Waals surface area (Å²) in [7, 11) is 2.04. The van der Waals surface area contributed by atoms with Gasteiger partial charge >= 0.3 is 0 Å². The van der Waals surface area contributed by atoms with E-state index in [0.29, 0.717) is 0 Å². The van der Waals surface area contributed by atoms with Crippen molar-refractivity contribution in [1.29, 1.82) is 0 Å². The van der Waals surface area contributed by atoms with Crippen molar-refractivity contribution in [2.75, 3.05) is 6.54 Å². The third-order valence-corrected chi connectivity index (χ3v) is 5.25. The number of nitrogens with one attached hydrogen (secondary N) is 1. The van der Waals surface area contributed by atoms with Gasteiger partial charge in [-0.3, -0.25) is 9.58 Å². The lowest BCUT2D eigenvalue weighted by molar-refractivity contribution is 0.109. The molecule has 118 valence electrons. The van der Waals surface area contributed by atoms with Crippen LogP contribution in [0.5, 0.6) is 0 Å². The summed E-state index contributed by atoms with van der Waals surface area (Å²) in [5.74, 6) is 0. The molecule has 4 nitrogen and oxygen atoms in total. The smallest absolute Gasteiger partial charge is 0.0666 e. The standard InChI is InChI=1S/C17H30N4/c1-4-8-18-14-9-15-6-7-16(10-14)21(15)12-13-11-20(3)19-17(13)5-2/h11,14-16,18H,4-10,12H2,1-3H3. The number of nitrogens with zero attached hydrogens (tertiary/aromatic N) is 3. The average molecular weight is 290 g/mol. The topological polar surface area (TPSA) is 33.1 Å². The molecule has 1 N–H and O–H groups in total. The second-order valence-corrected chi connectivity index (χ2v) is 6.81. The van der Waals surface area contributed by atoms with Crippen LogP contribution in [0.3, 0.4) is 0 Å². The molecule has 0 radical (unpaired) electrons. The van der Waals surface area contributed by atoms with Crippen molar-refractivity contribution in [3.63, 3.8) is 0 Å². The molecule has 2 fully saturated rings. The number of hydrogen-bond donors (Lipinski definition) is 1. The summed E-state index contributed by atoms with van der Waals surface area (Å²) in [6.07, 6.45) is 9.94. The largest absolute Gasteiger partial charge is 0.314 e. The minimum absolute atomic E-state index is 0.748. The summed E-state index contributed by atoms with van der Waals surface area (Å²) in [4.78, 5) is 2.76. The Balaban J connectivity index is 1.65. The molecule has 2 aliphatic rings. The van der Waals surface area contributed by atoms with Gasteiger partial charge in [0.05, 0.1) is 5.69 Å². The van der Waals surface area contributed by atoms with Crippen molar-refractivity contribution < 1.29 is 0 Å². The maximum Gasteiger partial charge on any atom is 0.0666 e. The SMILES string of the molecule is CCCNC1CC2CCC(C1)N2Cc1cn(C)nc1CC. The van der Waals surface area contributed by atoms with Crippen molar-refractivity contribution in [2.24, 2.45) is 7.05 Å². The lowest BCUT2D eigenvalue weighted by Gasteiger charge is -2.39. The lowest BCUT2D eigenvalue weighted by atomic mass is 9.96. The quantitative estimate of drug-likeness (QED) is 0.874. The van der Waals surface area contributed by atoms with Gasteiger partial charge in [0.25, 0.3) is 0 Å². The maximum absolute atomic E-state index is 4.60. The molecule has 4 heteroatoms. The van der Waals surface area contributed by atoms with E-state index in [4.69, 9.17) is 0 Å². The number of aromatic nitrogens is 2. The predicted octanol–water partition coefficient (Wildman–Crippen LogP) is 2.48. The highest BCUT2D eigenvalue weighted by Crippen LogP contribution is 2.37.